The fraction of sp³-hybridized carbons (Fsp3) is 0.385. The summed E-state index contributed by atoms with van der Waals surface area (Å²) in [5.74, 6) is 0.939. The van der Waals surface area contributed by atoms with Crippen LogP contribution in [0.1, 0.15) is 34.3 Å². The fourth-order valence-electron chi connectivity index (χ4n) is 4.32. The largest absolute Gasteiger partial charge is 0.493 e. The molecule has 1 fully saturated rings. The molecule has 4 rings (SSSR count). The van der Waals surface area contributed by atoms with Crippen molar-refractivity contribution in [2.75, 3.05) is 34.5 Å². The van der Waals surface area contributed by atoms with Gasteiger partial charge in [0.25, 0.3) is 11.5 Å². The molecule has 0 unspecified atom stereocenters. The zero-order chi connectivity index (χ0) is 24.2. The number of ether oxygens (including phenoxy) is 4. The minimum absolute atomic E-state index is 0.0758. The molecule has 0 radical (unpaired) electrons. The normalized spacial score (nSPS) is 15.4. The van der Waals surface area contributed by atoms with Gasteiger partial charge in [0.2, 0.25) is 5.75 Å². The predicted octanol–water partition coefficient (Wildman–Crippen LogP) is 3.68. The molecule has 8 heteroatoms. The molecule has 180 valence electrons. The molecule has 3 aromatic rings. The van der Waals surface area contributed by atoms with Crippen molar-refractivity contribution < 1.29 is 23.7 Å². The van der Waals surface area contributed by atoms with Crippen molar-refractivity contribution in [2.24, 2.45) is 0 Å². The first-order chi connectivity index (χ1) is 16.4. The Kier molecular flexibility index (Phi) is 7.07. The molecule has 0 bridgehead atoms. The van der Waals surface area contributed by atoms with E-state index in [4.69, 9.17) is 18.9 Å². The summed E-state index contributed by atoms with van der Waals surface area (Å²) in [7, 11) is 4.52. The molecule has 1 amide bonds. The Balaban J connectivity index is 1.71. The van der Waals surface area contributed by atoms with Crippen LogP contribution in [0.25, 0.3) is 10.9 Å². The zero-order valence-electron chi connectivity index (χ0n) is 20.0. The first-order valence-electron chi connectivity index (χ1n) is 11.3. The molecule has 1 atom stereocenters. The van der Waals surface area contributed by atoms with Crippen molar-refractivity contribution >= 4 is 16.8 Å². The van der Waals surface area contributed by atoms with Crippen molar-refractivity contribution in [1.29, 1.82) is 0 Å². The van der Waals surface area contributed by atoms with E-state index < -0.39 is 0 Å². The first-order valence-corrected chi connectivity index (χ1v) is 11.3. The molecular weight excluding hydrogens is 436 g/mol. The fourth-order valence-corrected chi connectivity index (χ4v) is 4.32. The predicted molar refractivity (Wildman–Crippen MR) is 129 cm³/mol. The lowest BCUT2D eigenvalue weighted by Crippen LogP contribution is -2.38. The smallest absolute Gasteiger partial charge is 0.254 e. The lowest BCUT2D eigenvalue weighted by molar-refractivity contribution is 0.0506. The van der Waals surface area contributed by atoms with E-state index in [2.05, 4.69) is 4.98 Å². The van der Waals surface area contributed by atoms with Crippen LogP contribution in [-0.4, -0.2) is 56.4 Å². The average molecular weight is 467 g/mol. The van der Waals surface area contributed by atoms with E-state index >= 15 is 0 Å². The van der Waals surface area contributed by atoms with Gasteiger partial charge in [0.05, 0.1) is 34.0 Å². The molecule has 8 nitrogen and oxygen atoms in total. The monoisotopic (exact) mass is 466 g/mol. The van der Waals surface area contributed by atoms with Crippen molar-refractivity contribution in [1.82, 2.24) is 9.88 Å². The van der Waals surface area contributed by atoms with Gasteiger partial charge in [-0.1, -0.05) is 12.1 Å². The number of fused-ring (bicyclic) bond motifs is 1. The highest BCUT2D eigenvalue weighted by Crippen LogP contribution is 2.38. The molecule has 1 aromatic heterocycles. The van der Waals surface area contributed by atoms with Gasteiger partial charge < -0.3 is 28.8 Å². The second kappa shape index (κ2) is 10.2. The maximum Gasteiger partial charge on any atom is 0.254 e. The molecule has 1 aliphatic rings. The number of pyridine rings is 1. The van der Waals surface area contributed by atoms with Crippen LogP contribution < -0.4 is 19.8 Å². The quantitative estimate of drug-likeness (QED) is 0.545. The van der Waals surface area contributed by atoms with Gasteiger partial charge in [-0.15, -0.1) is 0 Å². The third-order valence-corrected chi connectivity index (χ3v) is 6.09. The Hall–Kier alpha value is -3.52. The van der Waals surface area contributed by atoms with E-state index in [1.807, 2.05) is 31.2 Å². The highest BCUT2D eigenvalue weighted by molar-refractivity contribution is 5.95. The number of benzene rings is 2. The number of nitrogens with one attached hydrogen (secondary N) is 1. The summed E-state index contributed by atoms with van der Waals surface area (Å²) in [5.41, 5.74) is 2.51. The first kappa shape index (κ1) is 23.6. The maximum atomic E-state index is 13.7. The van der Waals surface area contributed by atoms with Crippen LogP contribution in [0.5, 0.6) is 17.2 Å². The van der Waals surface area contributed by atoms with Crippen LogP contribution >= 0.6 is 0 Å². The molecule has 1 saturated heterocycles. The SMILES string of the molecule is COc1cc(C(=O)N(Cc2cc3ccc(C)cc3[nH]c2=O)C[C@H]2CCCO2)cc(OC)c1OC. The molecule has 0 aliphatic carbocycles. The van der Waals surface area contributed by atoms with E-state index in [0.717, 1.165) is 29.3 Å². The van der Waals surface area contributed by atoms with Crippen LogP contribution in [-0.2, 0) is 11.3 Å². The number of carbonyl (C=O) groups is 1. The van der Waals surface area contributed by atoms with Gasteiger partial charge >= 0.3 is 0 Å². The Morgan fingerprint density at radius 3 is 2.44 bits per heavy atom. The number of hydrogen-bond donors (Lipinski definition) is 1. The number of hydrogen-bond acceptors (Lipinski definition) is 6. The summed E-state index contributed by atoms with van der Waals surface area (Å²) in [6, 6.07) is 11.0. The second-order valence-electron chi connectivity index (χ2n) is 8.45. The Labute approximate surface area is 198 Å². The summed E-state index contributed by atoms with van der Waals surface area (Å²) >= 11 is 0. The van der Waals surface area contributed by atoms with Gasteiger partial charge in [-0.3, -0.25) is 9.59 Å². The van der Waals surface area contributed by atoms with Crippen molar-refractivity contribution in [3.05, 3.63) is 63.4 Å². The zero-order valence-corrected chi connectivity index (χ0v) is 20.0. The van der Waals surface area contributed by atoms with Crippen LogP contribution in [0.2, 0.25) is 0 Å². The van der Waals surface area contributed by atoms with Crippen LogP contribution in [0, 0.1) is 6.92 Å². The van der Waals surface area contributed by atoms with E-state index in [0.29, 0.717) is 41.5 Å². The summed E-state index contributed by atoms with van der Waals surface area (Å²) < 4.78 is 22.0. The van der Waals surface area contributed by atoms with Crippen molar-refractivity contribution in [2.45, 2.75) is 32.4 Å². The van der Waals surface area contributed by atoms with E-state index in [9.17, 15) is 9.59 Å². The highest BCUT2D eigenvalue weighted by Gasteiger charge is 2.26. The molecule has 34 heavy (non-hydrogen) atoms. The van der Waals surface area contributed by atoms with E-state index in [1.165, 1.54) is 21.3 Å². The Morgan fingerprint density at radius 1 is 1.09 bits per heavy atom. The van der Waals surface area contributed by atoms with Crippen LogP contribution in [0.4, 0.5) is 0 Å². The molecule has 0 spiro atoms. The highest BCUT2D eigenvalue weighted by atomic mass is 16.5. The molecule has 1 aliphatic heterocycles. The molecule has 0 saturated carbocycles. The Morgan fingerprint density at radius 2 is 1.82 bits per heavy atom. The number of aromatic nitrogens is 1. The number of nitrogens with zero attached hydrogens (tertiary/aromatic N) is 1. The molecule has 2 aromatic carbocycles. The number of carbonyl (C=O) groups excluding carboxylic acids is 1. The number of methoxy groups -OCH3 is 3. The van der Waals surface area contributed by atoms with Gasteiger partial charge in [0.1, 0.15) is 0 Å². The van der Waals surface area contributed by atoms with Crippen LogP contribution in [0.3, 0.4) is 0 Å². The average Bonchev–Trinajstić information content (AvgIpc) is 3.35. The van der Waals surface area contributed by atoms with Gasteiger partial charge in [-0.05, 0) is 55.0 Å². The number of H-pyrrole nitrogens is 1. The van der Waals surface area contributed by atoms with Gasteiger partial charge in [0.15, 0.2) is 11.5 Å². The molecule has 2 heterocycles. The van der Waals surface area contributed by atoms with Gasteiger partial charge in [-0.2, -0.15) is 0 Å². The minimum atomic E-state index is -0.252. The summed E-state index contributed by atoms with van der Waals surface area (Å²) in [6.07, 6.45) is 1.74. The lowest BCUT2D eigenvalue weighted by atomic mass is 10.1. The summed E-state index contributed by atoms with van der Waals surface area (Å²) in [5, 5.41) is 0.914. The third kappa shape index (κ3) is 4.87. The minimum Gasteiger partial charge on any atom is -0.493 e. The summed E-state index contributed by atoms with van der Waals surface area (Å²) in [4.78, 5) is 31.2. The van der Waals surface area contributed by atoms with E-state index in [1.54, 1.807) is 17.0 Å². The lowest BCUT2D eigenvalue weighted by Gasteiger charge is -2.26. The Bertz CT molecular complexity index is 1220. The second-order valence-corrected chi connectivity index (χ2v) is 8.45. The number of rotatable bonds is 8. The maximum absolute atomic E-state index is 13.7. The molecule has 1 N–H and O–H groups in total. The number of aromatic amines is 1. The van der Waals surface area contributed by atoms with E-state index in [-0.39, 0.29) is 24.1 Å². The van der Waals surface area contributed by atoms with Crippen molar-refractivity contribution in [3.63, 3.8) is 0 Å². The topological polar surface area (TPSA) is 90.1 Å². The van der Waals surface area contributed by atoms with Crippen molar-refractivity contribution in [3.8, 4) is 17.2 Å². The number of amides is 1. The molecular formula is C26H30N2O6. The van der Waals surface area contributed by atoms with Gasteiger partial charge in [0, 0.05) is 29.8 Å². The summed E-state index contributed by atoms with van der Waals surface area (Å²) in [6.45, 7) is 3.17. The van der Waals surface area contributed by atoms with Crippen LogP contribution in [0.15, 0.2) is 41.2 Å². The van der Waals surface area contributed by atoms with Gasteiger partial charge in [-0.25, -0.2) is 0 Å². The third-order valence-electron chi connectivity index (χ3n) is 6.09. The number of aryl methyl sites for hydroxylation is 1. The standard InChI is InChI=1S/C26H30N2O6/c1-16-7-8-17-11-19(25(29)27-21(17)10-16)14-28(15-20-6-5-9-34-20)26(30)18-12-22(31-2)24(33-4)23(13-18)32-3/h7-8,10-13,20H,5-6,9,14-15H2,1-4H3,(H,27,29)/t20-/m1/s1.